The normalized spacial score (nSPS) is 20.4. The van der Waals surface area contributed by atoms with Gasteiger partial charge in [-0.1, -0.05) is 13.8 Å². The van der Waals surface area contributed by atoms with Gasteiger partial charge in [-0.3, -0.25) is 14.4 Å². The second kappa shape index (κ2) is 12.1. The van der Waals surface area contributed by atoms with Crippen LogP contribution in [0.2, 0.25) is 0 Å². The summed E-state index contributed by atoms with van der Waals surface area (Å²) in [6, 6.07) is -3.93. The number of rotatable bonds is 11. The van der Waals surface area contributed by atoms with Gasteiger partial charge >= 0.3 is 5.97 Å². The number of hydrogen-bond donors (Lipinski definition) is 5. The summed E-state index contributed by atoms with van der Waals surface area (Å²) in [6.45, 7) is 5.17. The smallest absolute Gasteiger partial charge is 0.326 e. The third-order valence-corrected chi connectivity index (χ3v) is 5.76. The number of aliphatic hydroxyl groups is 1. The predicted octanol–water partition coefficient (Wildman–Crippen LogP) is -0.851. The molecule has 0 aromatic heterocycles. The zero-order valence-corrected chi connectivity index (χ0v) is 18.8. The minimum absolute atomic E-state index is 0.301. The molecular formula is C19H34N4O6S. The van der Waals surface area contributed by atoms with Crippen molar-refractivity contribution in [2.75, 3.05) is 18.6 Å². The Balaban J connectivity index is 2.95. The van der Waals surface area contributed by atoms with Crippen molar-refractivity contribution < 1.29 is 29.4 Å². The van der Waals surface area contributed by atoms with Gasteiger partial charge in [-0.25, -0.2) is 4.79 Å². The molecule has 0 radical (unpaired) electrons. The van der Waals surface area contributed by atoms with Crippen molar-refractivity contribution >= 4 is 35.5 Å². The molecule has 0 aromatic rings. The van der Waals surface area contributed by atoms with Gasteiger partial charge in [0.05, 0.1) is 6.10 Å². The first-order valence-electron chi connectivity index (χ1n) is 10.1. The number of likely N-dealkylation sites (tertiary alicyclic amines) is 1. The highest BCUT2D eigenvalue weighted by atomic mass is 32.2. The summed E-state index contributed by atoms with van der Waals surface area (Å²) in [7, 11) is 0. The lowest BCUT2D eigenvalue weighted by atomic mass is 10.0. The average molecular weight is 447 g/mol. The zero-order valence-electron chi connectivity index (χ0n) is 18.0. The number of carbonyl (C=O) groups excluding carboxylic acids is 3. The summed E-state index contributed by atoms with van der Waals surface area (Å²) in [5.41, 5.74) is 5.64. The maximum atomic E-state index is 13.0. The number of thioether (sulfide) groups is 1. The Bertz CT molecular complexity index is 630. The second-order valence-electron chi connectivity index (χ2n) is 7.87. The zero-order chi connectivity index (χ0) is 23.0. The van der Waals surface area contributed by atoms with Crippen LogP contribution >= 0.6 is 11.8 Å². The number of hydrogen-bond acceptors (Lipinski definition) is 7. The van der Waals surface area contributed by atoms with Crippen LogP contribution in [0.15, 0.2) is 0 Å². The van der Waals surface area contributed by atoms with Crippen molar-refractivity contribution in [1.82, 2.24) is 15.5 Å². The first-order valence-corrected chi connectivity index (χ1v) is 11.5. The molecule has 0 spiro atoms. The minimum atomic E-state index is -1.19. The van der Waals surface area contributed by atoms with Crippen LogP contribution in [0.4, 0.5) is 0 Å². The van der Waals surface area contributed by atoms with E-state index in [1.54, 1.807) is 13.8 Å². The van der Waals surface area contributed by atoms with Gasteiger partial charge < -0.3 is 31.5 Å². The number of carboxylic acids is 1. The van der Waals surface area contributed by atoms with Crippen molar-refractivity contribution in [2.45, 2.75) is 70.3 Å². The number of amides is 3. The number of carbonyl (C=O) groups is 4. The molecule has 11 heteroatoms. The van der Waals surface area contributed by atoms with E-state index >= 15 is 0 Å². The number of aliphatic hydroxyl groups excluding tert-OH is 1. The van der Waals surface area contributed by atoms with Gasteiger partial charge in [-0.2, -0.15) is 11.8 Å². The quantitative estimate of drug-likeness (QED) is 0.274. The van der Waals surface area contributed by atoms with Crippen LogP contribution in [0, 0.1) is 5.92 Å². The lowest BCUT2D eigenvalue weighted by Gasteiger charge is -2.30. The molecule has 30 heavy (non-hydrogen) atoms. The predicted molar refractivity (Wildman–Crippen MR) is 114 cm³/mol. The first kappa shape index (κ1) is 26.2. The van der Waals surface area contributed by atoms with Crippen LogP contribution in [0.1, 0.15) is 40.0 Å². The van der Waals surface area contributed by atoms with Crippen LogP contribution in [0.5, 0.6) is 0 Å². The monoisotopic (exact) mass is 446 g/mol. The molecule has 5 atom stereocenters. The Hall–Kier alpha value is -1.85. The number of aliphatic carboxylic acids is 1. The second-order valence-corrected chi connectivity index (χ2v) is 8.85. The number of nitrogens with zero attached hydrogens (tertiary/aromatic N) is 1. The fraction of sp³-hybridized carbons (Fsp3) is 0.789. The molecule has 1 rings (SSSR count). The van der Waals surface area contributed by atoms with Crippen molar-refractivity contribution in [1.29, 1.82) is 0 Å². The van der Waals surface area contributed by atoms with E-state index in [2.05, 4.69) is 10.6 Å². The van der Waals surface area contributed by atoms with Crippen molar-refractivity contribution in [3.8, 4) is 0 Å². The number of nitrogens with one attached hydrogen (secondary N) is 2. The highest BCUT2D eigenvalue weighted by molar-refractivity contribution is 7.98. The third-order valence-electron chi connectivity index (χ3n) is 5.12. The lowest BCUT2D eigenvalue weighted by Crippen LogP contribution is -2.59. The summed E-state index contributed by atoms with van der Waals surface area (Å²) >= 11 is 1.50. The molecule has 0 saturated carbocycles. The standard InChI is InChI=1S/C19H34N4O6S/c1-10(2)15(22-16(25)14(20)11(3)24)17(26)21-12(7-9-30-4)18(27)23-8-5-6-13(23)19(28)29/h10-15,24H,5-9,20H2,1-4H3,(H,21,26)(H,22,25)(H,28,29). The van der Waals surface area contributed by atoms with Gasteiger partial charge in [0, 0.05) is 6.54 Å². The first-order chi connectivity index (χ1) is 14.0. The molecule has 1 fully saturated rings. The van der Waals surface area contributed by atoms with E-state index in [1.807, 2.05) is 6.26 Å². The van der Waals surface area contributed by atoms with E-state index in [9.17, 15) is 29.4 Å². The molecule has 0 bridgehead atoms. The Morgan fingerprint density at radius 1 is 1.17 bits per heavy atom. The van der Waals surface area contributed by atoms with Gasteiger partial charge in [0.2, 0.25) is 17.7 Å². The maximum absolute atomic E-state index is 13.0. The number of nitrogens with two attached hydrogens (primary N) is 1. The van der Waals surface area contributed by atoms with E-state index in [4.69, 9.17) is 5.73 Å². The highest BCUT2D eigenvalue weighted by Gasteiger charge is 2.38. The Kier molecular flexibility index (Phi) is 10.6. The van der Waals surface area contributed by atoms with E-state index in [0.29, 0.717) is 31.6 Å². The maximum Gasteiger partial charge on any atom is 0.326 e. The Morgan fingerprint density at radius 3 is 2.30 bits per heavy atom. The Labute approximate surface area is 181 Å². The SMILES string of the molecule is CSCCC(NC(=O)C(NC(=O)C(N)C(C)O)C(C)C)C(=O)N1CCCC1C(=O)O. The van der Waals surface area contributed by atoms with E-state index in [-0.39, 0.29) is 5.92 Å². The minimum Gasteiger partial charge on any atom is -0.480 e. The van der Waals surface area contributed by atoms with Crippen LogP contribution in [-0.2, 0) is 19.2 Å². The molecule has 0 aliphatic carbocycles. The van der Waals surface area contributed by atoms with E-state index < -0.39 is 54.0 Å². The largest absolute Gasteiger partial charge is 0.480 e. The summed E-state index contributed by atoms with van der Waals surface area (Å²) in [5, 5.41) is 24.1. The average Bonchev–Trinajstić information content (AvgIpc) is 3.17. The molecule has 1 saturated heterocycles. The van der Waals surface area contributed by atoms with Gasteiger partial charge in [-0.05, 0) is 44.1 Å². The van der Waals surface area contributed by atoms with Crippen molar-refractivity contribution in [3.63, 3.8) is 0 Å². The van der Waals surface area contributed by atoms with Crippen LogP contribution < -0.4 is 16.4 Å². The summed E-state index contributed by atoms with van der Waals surface area (Å²) < 4.78 is 0. The molecular weight excluding hydrogens is 412 g/mol. The van der Waals surface area contributed by atoms with Crippen LogP contribution in [0.25, 0.3) is 0 Å². The third kappa shape index (κ3) is 7.13. The topological polar surface area (TPSA) is 162 Å². The van der Waals surface area contributed by atoms with E-state index in [1.165, 1.54) is 23.6 Å². The molecule has 172 valence electrons. The van der Waals surface area contributed by atoms with Crippen LogP contribution in [0.3, 0.4) is 0 Å². The molecule has 3 amide bonds. The molecule has 1 aliphatic rings. The van der Waals surface area contributed by atoms with Gasteiger partial charge in [0.1, 0.15) is 24.2 Å². The lowest BCUT2D eigenvalue weighted by molar-refractivity contribution is -0.149. The van der Waals surface area contributed by atoms with Gasteiger partial charge in [-0.15, -0.1) is 0 Å². The highest BCUT2D eigenvalue weighted by Crippen LogP contribution is 2.20. The van der Waals surface area contributed by atoms with Crippen LogP contribution in [-0.4, -0.2) is 87.6 Å². The molecule has 6 N–H and O–H groups in total. The molecule has 1 heterocycles. The Morgan fingerprint density at radius 2 is 1.80 bits per heavy atom. The van der Waals surface area contributed by atoms with Gasteiger partial charge in [0.25, 0.3) is 0 Å². The molecule has 5 unspecified atom stereocenters. The summed E-state index contributed by atoms with van der Waals surface area (Å²) in [5.74, 6) is -2.43. The van der Waals surface area contributed by atoms with Gasteiger partial charge in [0.15, 0.2) is 0 Å². The molecule has 1 aliphatic heterocycles. The number of carboxylic acid groups (broad SMARTS) is 1. The summed E-state index contributed by atoms with van der Waals surface area (Å²) in [6.07, 6.45) is 2.09. The van der Waals surface area contributed by atoms with Crippen molar-refractivity contribution in [2.24, 2.45) is 11.7 Å². The molecule has 0 aromatic carbocycles. The van der Waals surface area contributed by atoms with Crippen molar-refractivity contribution in [3.05, 3.63) is 0 Å². The fourth-order valence-electron chi connectivity index (χ4n) is 3.25. The summed E-state index contributed by atoms with van der Waals surface area (Å²) in [4.78, 5) is 50.9. The fourth-order valence-corrected chi connectivity index (χ4v) is 3.72. The van der Waals surface area contributed by atoms with E-state index in [0.717, 1.165) is 0 Å². The molecule has 10 nitrogen and oxygen atoms in total.